The van der Waals surface area contributed by atoms with Crippen LogP contribution < -0.4 is 10.1 Å². The van der Waals surface area contributed by atoms with E-state index >= 15 is 0 Å². The molecular weight excluding hydrogens is 242 g/mol. The monoisotopic (exact) mass is 259 g/mol. The Morgan fingerprint density at radius 2 is 2.11 bits per heavy atom. The van der Waals surface area contributed by atoms with E-state index in [-0.39, 0.29) is 5.91 Å². The van der Waals surface area contributed by atoms with Crippen LogP contribution in [0.25, 0.3) is 10.9 Å². The average Bonchev–Trinajstić information content (AvgIpc) is 2.91. The highest BCUT2D eigenvalue weighted by Crippen LogP contribution is 2.27. The third kappa shape index (κ3) is 2.06. The van der Waals surface area contributed by atoms with Gasteiger partial charge in [-0.1, -0.05) is 12.1 Å². The highest BCUT2D eigenvalue weighted by Gasteiger charge is 2.21. The fraction of sp³-hybridized carbons (Fsp3) is 0.357. The molecule has 0 atom stereocenters. The van der Waals surface area contributed by atoms with Crippen molar-refractivity contribution in [3.63, 3.8) is 0 Å². The summed E-state index contributed by atoms with van der Waals surface area (Å²) in [7, 11) is 1.63. The number of carbonyl (C=O) groups is 1. The number of amides is 1. The second-order valence-electron chi connectivity index (χ2n) is 4.63. The molecule has 0 radical (unpaired) electrons. The van der Waals surface area contributed by atoms with Crippen LogP contribution in [0, 0.1) is 0 Å². The molecule has 3 rings (SSSR count). The normalized spacial score (nSPS) is 15.7. The molecule has 0 bridgehead atoms. The maximum absolute atomic E-state index is 12.5. The minimum Gasteiger partial charge on any atom is -0.495 e. The van der Waals surface area contributed by atoms with E-state index in [0.717, 1.165) is 48.4 Å². The van der Waals surface area contributed by atoms with Gasteiger partial charge in [-0.15, -0.1) is 0 Å². The van der Waals surface area contributed by atoms with Gasteiger partial charge in [-0.05, 0) is 6.07 Å². The van der Waals surface area contributed by atoms with E-state index in [9.17, 15) is 4.79 Å². The van der Waals surface area contributed by atoms with Crippen LogP contribution in [0.5, 0.6) is 5.75 Å². The van der Waals surface area contributed by atoms with E-state index in [2.05, 4.69) is 10.3 Å². The summed E-state index contributed by atoms with van der Waals surface area (Å²) in [6.45, 7) is 3.24. The van der Waals surface area contributed by atoms with Crippen LogP contribution in [0.4, 0.5) is 0 Å². The van der Waals surface area contributed by atoms with Gasteiger partial charge in [0.05, 0.1) is 18.2 Å². The molecule has 0 aliphatic carbocycles. The first kappa shape index (κ1) is 12.0. The molecule has 1 aliphatic heterocycles. The number of fused-ring (bicyclic) bond motifs is 1. The number of nitrogens with one attached hydrogen (secondary N) is 2. The number of aromatic nitrogens is 1. The molecule has 2 N–H and O–H groups in total. The molecule has 1 amide bonds. The zero-order chi connectivity index (χ0) is 13.2. The third-order valence-electron chi connectivity index (χ3n) is 3.53. The van der Waals surface area contributed by atoms with E-state index in [1.807, 2.05) is 23.1 Å². The summed E-state index contributed by atoms with van der Waals surface area (Å²) in [4.78, 5) is 17.5. The minimum absolute atomic E-state index is 0.0843. The van der Waals surface area contributed by atoms with Crippen molar-refractivity contribution in [2.75, 3.05) is 33.3 Å². The Balaban J connectivity index is 1.98. The van der Waals surface area contributed by atoms with Gasteiger partial charge in [0.2, 0.25) is 0 Å². The van der Waals surface area contributed by atoms with Gasteiger partial charge in [-0.3, -0.25) is 4.79 Å². The lowest BCUT2D eigenvalue weighted by molar-refractivity contribution is 0.0738. The fourth-order valence-corrected chi connectivity index (χ4v) is 2.51. The summed E-state index contributed by atoms with van der Waals surface area (Å²) in [5.74, 6) is 0.845. The van der Waals surface area contributed by atoms with Crippen molar-refractivity contribution in [2.24, 2.45) is 0 Å². The van der Waals surface area contributed by atoms with Gasteiger partial charge in [0, 0.05) is 37.8 Å². The number of hydrogen-bond acceptors (Lipinski definition) is 3. The van der Waals surface area contributed by atoms with Gasteiger partial charge in [-0.2, -0.15) is 0 Å². The Kier molecular flexibility index (Phi) is 3.13. The molecule has 5 heteroatoms. The molecule has 2 heterocycles. The Hall–Kier alpha value is -2.01. The number of hydrogen-bond donors (Lipinski definition) is 2. The number of H-pyrrole nitrogens is 1. The zero-order valence-corrected chi connectivity index (χ0v) is 10.9. The first-order valence-corrected chi connectivity index (χ1v) is 6.45. The lowest BCUT2D eigenvalue weighted by atomic mass is 10.1. The van der Waals surface area contributed by atoms with Crippen LogP contribution in [0.2, 0.25) is 0 Å². The number of ether oxygens (including phenoxy) is 1. The predicted octanol–water partition coefficient (Wildman–Crippen LogP) is 1.22. The highest BCUT2D eigenvalue weighted by molar-refractivity contribution is 6.08. The molecular formula is C14H17N3O2. The smallest absolute Gasteiger partial charge is 0.256 e. The average molecular weight is 259 g/mol. The number of carbonyl (C=O) groups excluding carboxylic acids is 1. The Morgan fingerprint density at radius 1 is 1.32 bits per heavy atom. The van der Waals surface area contributed by atoms with Crippen LogP contribution in [0.3, 0.4) is 0 Å². The summed E-state index contributed by atoms with van der Waals surface area (Å²) >= 11 is 0. The van der Waals surface area contributed by atoms with Crippen molar-refractivity contribution in [3.8, 4) is 5.75 Å². The van der Waals surface area contributed by atoms with E-state index in [1.54, 1.807) is 13.3 Å². The van der Waals surface area contributed by atoms with Crippen molar-refractivity contribution in [1.29, 1.82) is 0 Å². The maximum Gasteiger partial charge on any atom is 0.256 e. The number of para-hydroxylation sites is 1. The molecule has 1 fully saturated rings. The van der Waals surface area contributed by atoms with Gasteiger partial charge in [0.1, 0.15) is 5.75 Å². The van der Waals surface area contributed by atoms with Crippen LogP contribution in [-0.4, -0.2) is 49.1 Å². The third-order valence-corrected chi connectivity index (χ3v) is 3.53. The second-order valence-corrected chi connectivity index (χ2v) is 4.63. The van der Waals surface area contributed by atoms with Crippen LogP contribution in [0.15, 0.2) is 24.4 Å². The summed E-state index contributed by atoms with van der Waals surface area (Å²) in [5, 5.41) is 4.17. The number of rotatable bonds is 2. The summed E-state index contributed by atoms with van der Waals surface area (Å²) in [6, 6.07) is 5.74. The Bertz CT molecular complexity index is 600. The number of benzene rings is 1. The van der Waals surface area contributed by atoms with Gasteiger partial charge < -0.3 is 19.9 Å². The van der Waals surface area contributed by atoms with Gasteiger partial charge in [0.15, 0.2) is 0 Å². The molecule has 1 aliphatic rings. The number of aromatic amines is 1. The lowest BCUT2D eigenvalue weighted by Gasteiger charge is -2.27. The molecule has 0 spiro atoms. The lowest BCUT2D eigenvalue weighted by Crippen LogP contribution is -2.46. The largest absolute Gasteiger partial charge is 0.495 e. The van der Waals surface area contributed by atoms with E-state index < -0.39 is 0 Å². The van der Waals surface area contributed by atoms with Crippen molar-refractivity contribution in [2.45, 2.75) is 0 Å². The minimum atomic E-state index is 0.0843. The van der Waals surface area contributed by atoms with Gasteiger partial charge >= 0.3 is 0 Å². The van der Waals surface area contributed by atoms with Crippen LogP contribution in [0.1, 0.15) is 10.4 Å². The quantitative estimate of drug-likeness (QED) is 0.852. The van der Waals surface area contributed by atoms with E-state index in [4.69, 9.17) is 4.74 Å². The van der Waals surface area contributed by atoms with Crippen LogP contribution in [-0.2, 0) is 0 Å². The molecule has 1 aromatic carbocycles. The maximum atomic E-state index is 12.5. The summed E-state index contributed by atoms with van der Waals surface area (Å²) < 4.78 is 5.30. The van der Waals surface area contributed by atoms with E-state index in [0.29, 0.717) is 0 Å². The second kappa shape index (κ2) is 4.93. The standard InChI is InChI=1S/C14H17N3O2/c1-19-12-4-2-3-10-11(9-16-13(10)12)14(18)17-7-5-15-6-8-17/h2-4,9,15-16H,5-8H2,1H3. The fourth-order valence-electron chi connectivity index (χ4n) is 2.51. The SMILES string of the molecule is COc1cccc2c(C(=O)N3CCNCC3)c[nH]c12. The number of nitrogens with zero attached hydrogens (tertiary/aromatic N) is 1. The van der Waals surface area contributed by atoms with Crippen molar-refractivity contribution < 1.29 is 9.53 Å². The zero-order valence-electron chi connectivity index (χ0n) is 10.9. The molecule has 5 nitrogen and oxygen atoms in total. The summed E-state index contributed by atoms with van der Waals surface area (Å²) in [6.07, 6.45) is 1.78. The number of methoxy groups -OCH3 is 1. The Labute approximate surface area is 111 Å². The molecule has 0 unspecified atom stereocenters. The van der Waals surface area contributed by atoms with E-state index in [1.165, 1.54) is 0 Å². The summed E-state index contributed by atoms with van der Waals surface area (Å²) in [5.41, 5.74) is 1.60. The number of piperazine rings is 1. The Morgan fingerprint density at radius 3 is 2.84 bits per heavy atom. The van der Waals surface area contributed by atoms with Gasteiger partial charge in [0.25, 0.3) is 5.91 Å². The molecule has 1 saturated heterocycles. The highest BCUT2D eigenvalue weighted by atomic mass is 16.5. The predicted molar refractivity (Wildman–Crippen MR) is 73.6 cm³/mol. The molecule has 1 aromatic heterocycles. The van der Waals surface area contributed by atoms with Crippen molar-refractivity contribution in [3.05, 3.63) is 30.0 Å². The first-order chi connectivity index (χ1) is 9.31. The molecule has 2 aromatic rings. The van der Waals surface area contributed by atoms with Crippen molar-refractivity contribution in [1.82, 2.24) is 15.2 Å². The van der Waals surface area contributed by atoms with Crippen LogP contribution >= 0.6 is 0 Å². The topological polar surface area (TPSA) is 57.4 Å². The first-order valence-electron chi connectivity index (χ1n) is 6.45. The molecule has 0 saturated carbocycles. The molecule has 100 valence electrons. The molecule has 19 heavy (non-hydrogen) atoms. The van der Waals surface area contributed by atoms with Gasteiger partial charge in [-0.25, -0.2) is 0 Å². The van der Waals surface area contributed by atoms with Crippen molar-refractivity contribution >= 4 is 16.8 Å².